The highest BCUT2D eigenvalue weighted by atomic mass is 79.9. The van der Waals surface area contributed by atoms with Gasteiger partial charge in [-0.2, -0.15) is 0 Å². The summed E-state index contributed by atoms with van der Waals surface area (Å²) in [4.78, 5) is 2.36. The zero-order valence-corrected chi connectivity index (χ0v) is 12.3. The molecule has 0 aromatic heterocycles. The lowest BCUT2D eigenvalue weighted by atomic mass is 9.97. The predicted octanol–water partition coefficient (Wildman–Crippen LogP) is 4.10. The average Bonchev–Trinajstić information content (AvgIpc) is 2.25. The summed E-state index contributed by atoms with van der Waals surface area (Å²) in [5.74, 6) is 1.41. The van der Waals surface area contributed by atoms with Crippen LogP contribution in [0, 0.1) is 18.8 Å². The summed E-state index contributed by atoms with van der Waals surface area (Å²) in [5, 5.41) is 1.07. The number of rotatable bonds is 5. The molecule has 1 atom stereocenters. The summed E-state index contributed by atoms with van der Waals surface area (Å²) >= 11 is 3.61. The predicted molar refractivity (Wildman–Crippen MR) is 76.6 cm³/mol. The Labute approximate surface area is 108 Å². The molecule has 1 nitrogen and oxygen atoms in total. The molecule has 16 heavy (non-hydrogen) atoms. The van der Waals surface area contributed by atoms with Gasteiger partial charge in [0.15, 0.2) is 0 Å². The molecule has 0 saturated carbocycles. The van der Waals surface area contributed by atoms with Gasteiger partial charge in [0.1, 0.15) is 0 Å². The number of para-hydroxylation sites is 1. The van der Waals surface area contributed by atoms with Crippen molar-refractivity contribution in [3.05, 3.63) is 29.8 Å². The van der Waals surface area contributed by atoms with Gasteiger partial charge in [-0.3, -0.25) is 0 Å². The first-order chi connectivity index (χ1) is 7.56. The fraction of sp³-hybridized carbons (Fsp3) is 0.571. The molecule has 0 bridgehead atoms. The molecule has 90 valence electrons. The number of aryl methyl sites for hydroxylation is 1. The quantitative estimate of drug-likeness (QED) is 0.736. The van der Waals surface area contributed by atoms with Crippen LogP contribution in [0.25, 0.3) is 0 Å². The van der Waals surface area contributed by atoms with Crippen LogP contribution in [-0.4, -0.2) is 18.9 Å². The smallest absolute Gasteiger partial charge is 0.0393 e. The molecule has 2 heteroatoms. The molecule has 1 rings (SSSR count). The highest BCUT2D eigenvalue weighted by Crippen LogP contribution is 2.22. The molecule has 0 saturated heterocycles. The lowest BCUT2D eigenvalue weighted by Gasteiger charge is -2.28. The lowest BCUT2D eigenvalue weighted by molar-refractivity contribution is 0.432. The Balaban J connectivity index is 2.72. The van der Waals surface area contributed by atoms with Gasteiger partial charge in [-0.15, -0.1) is 0 Å². The Kier molecular flexibility index (Phi) is 5.33. The van der Waals surface area contributed by atoms with Crippen molar-refractivity contribution in [3.63, 3.8) is 0 Å². The Morgan fingerprint density at radius 1 is 1.25 bits per heavy atom. The highest BCUT2D eigenvalue weighted by molar-refractivity contribution is 9.09. The number of anilines is 1. The third-order valence-electron chi connectivity index (χ3n) is 3.18. The van der Waals surface area contributed by atoms with Gasteiger partial charge in [0, 0.05) is 24.6 Å². The second-order valence-electron chi connectivity index (χ2n) is 4.83. The van der Waals surface area contributed by atoms with Crippen LogP contribution in [0.5, 0.6) is 0 Å². The van der Waals surface area contributed by atoms with E-state index < -0.39 is 0 Å². The summed E-state index contributed by atoms with van der Waals surface area (Å²) < 4.78 is 0. The third kappa shape index (κ3) is 3.51. The molecule has 1 aromatic rings. The van der Waals surface area contributed by atoms with Gasteiger partial charge in [0.05, 0.1) is 0 Å². The highest BCUT2D eigenvalue weighted by Gasteiger charge is 2.15. The summed E-state index contributed by atoms with van der Waals surface area (Å²) in [6, 6.07) is 8.57. The molecule has 0 aliphatic carbocycles. The van der Waals surface area contributed by atoms with Crippen LogP contribution in [0.15, 0.2) is 24.3 Å². The van der Waals surface area contributed by atoms with E-state index in [1.54, 1.807) is 0 Å². The van der Waals surface area contributed by atoms with Crippen LogP contribution in [0.1, 0.15) is 19.4 Å². The van der Waals surface area contributed by atoms with E-state index >= 15 is 0 Å². The monoisotopic (exact) mass is 283 g/mol. The zero-order valence-electron chi connectivity index (χ0n) is 10.7. The molecule has 0 N–H and O–H groups in total. The van der Waals surface area contributed by atoms with Crippen molar-refractivity contribution in [2.24, 2.45) is 11.8 Å². The van der Waals surface area contributed by atoms with Gasteiger partial charge in [-0.1, -0.05) is 48.0 Å². The third-order valence-corrected chi connectivity index (χ3v) is 4.01. The minimum Gasteiger partial charge on any atom is -0.374 e. The van der Waals surface area contributed by atoms with Gasteiger partial charge >= 0.3 is 0 Å². The van der Waals surface area contributed by atoms with E-state index in [0.29, 0.717) is 11.8 Å². The fourth-order valence-corrected chi connectivity index (χ4v) is 2.83. The van der Waals surface area contributed by atoms with E-state index in [2.05, 4.69) is 72.9 Å². The molecule has 0 amide bonds. The maximum absolute atomic E-state index is 3.61. The lowest BCUT2D eigenvalue weighted by Crippen LogP contribution is -2.29. The van der Waals surface area contributed by atoms with Crippen LogP contribution in [-0.2, 0) is 0 Å². The van der Waals surface area contributed by atoms with Gasteiger partial charge in [-0.25, -0.2) is 0 Å². The maximum atomic E-state index is 3.61. The maximum Gasteiger partial charge on any atom is 0.0393 e. The molecule has 0 heterocycles. The van der Waals surface area contributed by atoms with E-state index in [1.807, 2.05) is 0 Å². The van der Waals surface area contributed by atoms with Crippen LogP contribution in [0.4, 0.5) is 5.69 Å². The number of nitrogens with zero attached hydrogens (tertiary/aromatic N) is 1. The van der Waals surface area contributed by atoms with E-state index in [9.17, 15) is 0 Å². The summed E-state index contributed by atoms with van der Waals surface area (Å²) in [6.45, 7) is 7.85. The minimum absolute atomic E-state index is 0.699. The fourth-order valence-electron chi connectivity index (χ4n) is 1.88. The first kappa shape index (κ1) is 13.6. The Bertz CT molecular complexity index is 322. The van der Waals surface area contributed by atoms with E-state index in [0.717, 1.165) is 11.9 Å². The normalized spacial score (nSPS) is 12.9. The summed E-state index contributed by atoms with van der Waals surface area (Å²) in [7, 11) is 2.18. The van der Waals surface area contributed by atoms with Crippen molar-refractivity contribution in [2.45, 2.75) is 20.8 Å². The Hall–Kier alpha value is -0.500. The Morgan fingerprint density at radius 3 is 2.38 bits per heavy atom. The van der Waals surface area contributed by atoms with Crippen LogP contribution >= 0.6 is 15.9 Å². The van der Waals surface area contributed by atoms with E-state index in [-0.39, 0.29) is 0 Å². The van der Waals surface area contributed by atoms with Crippen molar-refractivity contribution in [3.8, 4) is 0 Å². The number of hydrogen-bond acceptors (Lipinski definition) is 1. The zero-order chi connectivity index (χ0) is 12.1. The molecule has 0 fully saturated rings. The van der Waals surface area contributed by atoms with Gasteiger partial charge < -0.3 is 4.90 Å². The van der Waals surface area contributed by atoms with Gasteiger partial charge in [0.2, 0.25) is 0 Å². The second kappa shape index (κ2) is 6.29. The molecule has 1 unspecified atom stereocenters. The molecule has 1 aromatic carbocycles. The van der Waals surface area contributed by atoms with Crippen molar-refractivity contribution < 1.29 is 0 Å². The summed E-state index contributed by atoms with van der Waals surface area (Å²) in [5.41, 5.74) is 2.69. The van der Waals surface area contributed by atoms with E-state index in [1.165, 1.54) is 11.3 Å². The van der Waals surface area contributed by atoms with Crippen molar-refractivity contribution >= 4 is 21.6 Å². The minimum atomic E-state index is 0.699. The Morgan fingerprint density at radius 2 is 1.88 bits per heavy atom. The van der Waals surface area contributed by atoms with Crippen LogP contribution in [0.3, 0.4) is 0 Å². The SMILES string of the molecule is Cc1ccccc1N(C)CC(CBr)C(C)C. The van der Waals surface area contributed by atoms with Crippen LogP contribution < -0.4 is 4.90 Å². The number of benzene rings is 1. The molecule has 0 aliphatic rings. The molecular weight excluding hydrogens is 262 g/mol. The first-order valence-corrected chi connectivity index (χ1v) is 7.01. The van der Waals surface area contributed by atoms with Crippen molar-refractivity contribution in [1.82, 2.24) is 0 Å². The number of hydrogen-bond donors (Lipinski definition) is 0. The standard InChI is InChI=1S/C14H22BrN/c1-11(2)13(9-15)10-16(4)14-8-6-5-7-12(14)3/h5-8,11,13H,9-10H2,1-4H3. The molecule has 0 spiro atoms. The second-order valence-corrected chi connectivity index (χ2v) is 5.47. The largest absolute Gasteiger partial charge is 0.374 e. The van der Waals surface area contributed by atoms with Gasteiger partial charge in [-0.05, 0) is 30.4 Å². The number of alkyl halides is 1. The molecule has 0 radical (unpaired) electrons. The van der Waals surface area contributed by atoms with Crippen molar-refractivity contribution in [1.29, 1.82) is 0 Å². The number of halogens is 1. The van der Waals surface area contributed by atoms with Crippen LogP contribution in [0.2, 0.25) is 0 Å². The van der Waals surface area contributed by atoms with Crippen molar-refractivity contribution in [2.75, 3.05) is 23.8 Å². The first-order valence-electron chi connectivity index (χ1n) is 5.89. The average molecular weight is 284 g/mol. The summed E-state index contributed by atoms with van der Waals surface area (Å²) in [6.07, 6.45) is 0. The van der Waals surface area contributed by atoms with Gasteiger partial charge in [0.25, 0.3) is 0 Å². The topological polar surface area (TPSA) is 3.24 Å². The van der Waals surface area contributed by atoms with E-state index in [4.69, 9.17) is 0 Å². The molecular formula is C14H22BrN. The molecule has 0 aliphatic heterocycles.